The van der Waals surface area contributed by atoms with Gasteiger partial charge in [0.15, 0.2) is 0 Å². The van der Waals surface area contributed by atoms with Crippen LogP contribution in [0.15, 0.2) is 77.7 Å². The van der Waals surface area contributed by atoms with Crippen molar-refractivity contribution >= 4 is 39.1 Å². The van der Waals surface area contributed by atoms with Gasteiger partial charge in [0, 0.05) is 17.8 Å². The van der Waals surface area contributed by atoms with Crippen molar-refractivity contribution in [3.63, 3.8) is 0 Å². The van der Waals surface area contributed by atoms with Gasteiger partial charge in [-0.05, 0) is 67.8 Å². The molecule has 0 aromatic heterocycles. The van der Waals surface area contributed by atoms with Gasteiger partial charge in [0.05, 0.1) is 35.1 Å². The minimum absolute atomic E-state index is 0.0493. The average molecular weight is 598 g/mol. The fourth-order valence-corrected chi connectivity index (χ4v) is 6.43. The van der Waals surface area contributed by atoms with Gasteiger partial charge in [-0.3, -0.25) is 14.3 Å². The lowest BCUT2D eigenvalue weighted by Gasteiger charge is -2.42. The molecule has 0 saturated carbocycles. The molecule has 2 aliphatic rings. The first kappa shape index (κ1) is 28.9. The van der Waals surface area contributed by atoms with Gasteiger partial charge in [0.25, 0.3) is 15.9 Å². The first-order valence-corrected chi connectivity index (χ1v) is 15.3. The van der Waals surface area contributed by atoms with Crippen LogP contribution in [0.25, 0.3) is 0 Å². The Bertz CT molecular complexity index is 1520. The van der Waals surface area contributed by atoms with E-state index in [-0.39, 0.29) is 59.2 Å². The zero-order valence-corrected chi connectivity index (χ0v) is 24.3. The molecule has 9 nitrogen and oxygen atoms in total. The minimum atomic E-state index is -3.89. The number of ether oxygens (including phenoxy) is 2. The molecule has 3 aromatic carbocycles. The lowest BCUT2D eigenvalue weighted by molar-refractivity contribution is -0.134. The van der Waals surface area contributed by atoms with Crippen LogP contribution in [0.3, 0.4) is 0 Å². The summed E-state index contributed by atoms with van der Waals surface area (Å²) < 4.78 is 40.5. The lowest BCUT2D eigenvalue weighted by atomic mass is 9.94. The molecule has 1 fully saturated rings. The number of hydrogen-bond acceptors (Lipinski definition) is 6. The summed E-state index contributed by atoms with van der Waals surface area (Å²) >= 11 is 5.88. The monoisotopic (exact) mass is 597 g/mol. The highest BCUT2D eigenvalue weighted by Crippen LogP contribution is 2.33. The Hall–Kier alpha value is -3.60. The summed E-state index contributed by atoms with van der Waals surface area (Å²) in [6.45, 7) is 2.13. The van der Waals surface area contributed by atoms with E-state index in [1.54, 1.807) is 24.1 Å². The number of sulfonamides is 1. The normalized spacial score (nSPS) is 21.4. The Balaban J connectivity index is 1.25. The highest BCUT2D eigenvalue weighted by atomic mass is 35.5. The molecule has 216 valence electrons. The van der Waals surface area contributed by atoms with Crippen LogP contribution in [0.1, 0.15) is 48.1 Å². The van der Waals surface area contributed by atoms with Crippen LogP contribution in [0.2, 0.25) is 5.02 Å². The van der Waals surface area contributed by atoms with E-state index in [4.69, 9.17) is 21.1 Å². The summed E-state index contributed by atoms with van der Waals surface area (Å²) in [5.41, 5.74) is 1.51. The minimum Gasteiger partial charge on any atom is -0.490 e. The molecular weight excluding hydrogens is 566 g/mol. The molecule has 0 aliphatic carbocycles. The van der Waals surface area contributed by atoms with Crippen LogP contribution in [0, 0.1) is 0 Å². The van der Waals surface area contributed by atoms with Gasteiger partial charge >= 0.3 is 0 Å². The van der Waals surface area contributed by atoms with Crippen molar-refractivity contribution in [3.8, 4) is 5.75 Å². The molecule has 2 aliphatic heterocycles. The maximum atomic E-state index is 13.5. The molecule has 1 saturated heterocycles. The van der Waals surface area contributed by atoms with Gasteiger partial charge in [-0.1, -0.05) is 41.9 Å². The number of hydrogen-bond donors (Lipinski definition) is 2. The summed E-state index contributed by atoms with van der Waals surface area (Å²) in [6.07, 6.45) is 0.750. The van der Waals surface area contributed by atoms with E-state index in [0.717, 1.165) is 5.56 Å². The number of nitrogens with one attached hydrogen (secondary N) is 2. The summed E-state index contributed by atoms with van der Waals surface area (Å²) in [5.74, 6) is -0.0754. The van der Waals surface area contributed by atoms with Crippen molar-refractivity contribution in [2.75, 3.05) is 18.4 Å². The van der Waals surface area contributed by atoms with Crippen LogP contribution in [0.5, 0.6) is 5.75 Å². The molecule has 41 heavy (non-hydrogen) atoms. The van der Waals surface area contributed by atoms with E-state index in [9.17, 15) is 18.0 Å². The van der Waals surface area contributed by atoms with Gasteiger partial charge in [-0.25, -0.2) is 8.42 Å². The zero-order valence-electron chi connectivity index (χ0n) is 22.7. The first-order valence-electron chi connectivity index (χ1n) is 13.4. The predicted molar refractivity (Wildman–Crippen MR) is 156 cm³/mol. The summed E-state index contributed by atoms with van der Waals surface area (Å²) in [4.78, 5) is 27.9. The van der Waals surface area contributed by atoms with Crippen LogP contribution >= 0.6 is 11.6 Å². The van der Waals surface area contributed by atoms with Gasteiger partial charge in [0.1, 0.15) is 18.5 Å². The van der Waals surface area contributed by atoms with Crippen molar-refractivity contribution in [2.45, 2.75) is 55.4 Å². The number of benzene rings is 3. The van der Waals surface area contributed by atoms with E-state index in [1.807, 2.05) is 37.3 Å². The molecule has 2 amide bonds. The molecule has 0 unspecified atom stereocenters. The number of likely N-dealkylation sites (N-methyl/N-ethyl adjacent to an activating group) is 1. The van der Waals surface area contributed by atoms with Crippen molar-refractivity contribution in [3.05, 3.63) is 88.9 Å². The highest BCUT2D eigenvalue weighted by molar-refractivity contribution is 7.92. The molecule has 5 rings (SSSR count). The molecule has 0 bridgehead atoms. The quantitative estimate of drug-likeness (QED) is 0.405. The fourth-order valence-electron chi connectivity index (χ4n) is 5.25. The second kappa shape index (κ2) is 12.1. The molecule has 11 heteroatoms. The molecule has 3 aromatic rings. The Kier molecular flexibility index (Phi) is 8.53. The number of amides is 2. The number of carbonyl (C=O) groups is 2. The van der Waals surface area contributed by atoms with E-state index < -0.39 is 16.1 Å². The molecule has 0 spiro atoms. The third-order valence-electron chi connectivity index (χ3n) is 7.48. The average Bonchev–Trinajstić information content (AvgIpc) is 2.95. The number of anilines is 1. The van der Waals surface area contributed by atoms with Crippen LogP contribution < -0.4 is 14.8 Å². The molecule has 2 heterocycles. The van der Waals surface area contributed by atoms with Crippen molar-refractivity contribution < 1.29 is 27.5 Å². The number of fused-ring (bicyclic) bond motifs is 2. The van der Waals surface area contributed by atoms with Gasteiger partial charge < -0.3 is 19.7 Å². The predicted octanol–water partition coefficient (Wildman–Crippen LogP) is 4.79. The van der Waals surface area contributed by atoms with Crippen molar-refractivity contribution in [1.29, 1.82) is 0 Å². The van der Waals surface area contributed by atoms with Gasteiger partial charge in [-0.2, -0.15) is 0 Å². The Morgan fingerprint density at radius 3 is 2.54 bits per heavy atom. The Morgan fingerprint density at radius 1 is 1.07 bits per heavy atom. The third kappa shape index (κ3) is 6.66. The summed E-state index contributed by atoms with van der Waals surface area (Å²) in [6, 6.07) is 19.8. The van der Waals surface area contributed by atoms with Crippen LogP contribution in [0.4, 0.5) is 5.69 Å². The smallest absolute Gasteiger partial charge is 0.261 e. The second-order valence-corrected chi connectivity index (χ2v) is 12.5. The summed E-state index contributed by atoms with van der Waals surface area (Å²) in [7, 11) is -2.18. The fraction of sp³-hybridized carbons (Fsp3) is 0.333. The number of halogens is 1. The van der Waals surface area contributed by atoms with Crippen LogP contribution in [-0.2, 0) is 19.6 Å². The van der Waals surface area contributed by atoms with Gasteiger partial charge in [0.2, 0.25) is 5.91 Å². The third-order valence-corrected chi connectivity index (χ3v) is 9.13. The highest BCUT2D eigenvalue weighted by Gasteiger charge is 2.39. The Labute approximate surface area is 244 Å². The lowest BCUT2D eigenvalue weighted by Crippen LogP contribution is -2.54. The zero-order chi connectivity index (χ0) is 29.1. The molecular formula is C30H32ClN3O6S. The van der Waals surface area contributed by atoms with E-state index in [2.05, 4.69) is 10.0 Å². The number of rotatable bonds is 7. The SMILES string of the molecule is C[C@H](NC(=O)C[C@@H]1CC[C@@H]2[C@H](COc3ccc(NS(=O)(=O)c4ccc(Cl)cc4)cc3C(=O)N2C)O1)c1ccccc1. The molecule has 4 atom stereocenters. The molecule has 0 radical (unpaired) electrons. The van der Waals surface area contributed by atoms with E-state index in [0.29, 0.717) is 23.6 Å². The Morgan fingerprint density at radius 2 is 1.80 bits per heavy atom. The van der Waals surface area contributed by atoms with E-state index >= 15 is 0 Å². The van der Waals surface area contributed by atoms with Crippen molar-refractivity contribution in [2.24, 2.45) is 0 Å². The maximum Gasteiger partial charge on any atom is 0.261 e. The standard InChI is InChI=1S/C30H32ClN3O6S/c1-19(20-6-4-3-5-7-20)32-29(35)17-23-11-14-26-28(40-23)18-39-27-15-10-22(16-25(27)30(36)34(26)2)33-41(37,38)24-12-8-21(31)9-13-24/h3-10,12-13,15-16,19,23,26,28,33H,11,14,17-18H2,1-2H3,(H,32,35)/t19-,23-,26+,28-/m0/s1. The number of carbonyl (C=O) groups excluding carboxylic acids is 2. The largest absolute Gasteiger partial charge is 0.490 e. The van der Waals surface area contributed by atoms with Gasteiger partial charge in [-0.15, -0.1) is 0 Å². The number of nitrogens with zero attached hydrogens (tertiary/aromatic N) is 1. The molecule has 2 N–H and O–H groups in total. The topological polar surface area (TPSA) is 114 Å². The second-order valence-electron chi connectivity index (χ2n) is 10.3. The van der Waals surface area contributed by atoms with Crippen LogP contribution in [-0.4, -0.2) is 57.0 Å². The van der Waals surface area contributed by atoms with E-state index in [1.165, 1.54) is 30.3 Å². The first-order chi connectivity index (χ1) is 19.6. The summed E-state index contributed by atoms with van der Waals surface area (Å²) in [5, 5.41) is 3.46. The maximum absolute atomic E-state index is 13.5. The van der Waals surface area contributed by atoms with Crippen molar-refractivity contribution in [1.82, 2.24) is 10.2 Å².